The number of carbonyl (C=O) groups is 2. The van der Waals surface area contributed by atoms with Gasteiger partial charge in [-0.05, 0) is 57.1 Å². The number of aliphatic hydroxyl groups excluding tert-OH is 1. The van der Waals surface area contributed by atoms with Crippen LogP contribution in [-0.4, -0.2) is 58.3 Å². The van der Waals surface area contributed by atoms with Crippen LogP contribution in [0.25, 0.3) is 0 Å². The second kappa shape index (κ2) is 14.1. The molecule has 0 aromatic rings. The summed E-state index contributed by atoms with van der Waals surface area (Å²) in [5.41, 5.74) is -0.402. The number of allylic oxidation sites excluding steroid dienone is 4. The average molecular weight is 519 g/mol. The maximum Gasteiger partial charge on any atom is 0.331 e. The highest BCUT2D eigenvalue weighted by Gasteiger charge is 2.44. The molecule has 0 spiro atoms. The fourth-order valence-corrected chi connectivity index (χ4v) is 4.74. The zero-order chi connectivity index (χ0) is 27.8. The monoisotopic (exact) mass is 518 g/mol. The maximum atomic E-state index is 12.5. The van der Waals surface area contributed by atoms with E-state index in [1.165, 1.54) is 13.0 Å². The smallest absolute Gasteiger partial charge is 0.331 e. The minimum Gasteiger partial charge on any atom is -0.455 e. The minimum atomic E-state index is -1.27. The summed E-state index contributed by atoms with van der Waals surface area (Å²) in [5, 5.41) is 20.9. The molecule has 1 fully saturated rings. The van der Waals surface area contributed by atoms with Crippen molar-refractivity contribution in [2.45, 2.75) is 110 Å². The maximum absolute atomic E-state index is 12.5. The van der Waals surface area contributed by atoms with Crippen molar-refractivity contribution in [3.8, 4) is 0 Å². The number of rotatable bonds is 9. The lowest BCUT2D eigenvalue weighted by molar-refractivity contribution is -0.156. The van der Waals surface area contributed by atoms with Gasteiger partial charge in [0.25, 0.3) is 0 Å². The summed E-state index contributed by atoms with van der Waals surface area (Å²) in [6, 6.07) is 0. The molecule has 2 heterocycles. The second-order valence-corrected chi connectivity index (χ2v) is 10.9. The molecule has 2 aliphatic rings. The van der Waals surface area contributed by atoms with E-state index in [1.54, 1.807) is 19.1 Å². The van der Waals surface area contributed by atoms with Gasteiger partial charge in [-0.2, -0.15) is 0 Å². The molecular formula is C30H46O7. The summed E-state index contributed by atoms with van der Waals surface area (Å²) >= 11 is 0. The van der Waals surface area contributed by atoms with Gasteiger partial charge in [0.2, 0.25) is 0 Å². The van der Waals surface area contributed by atoms with E-state index in [2.05, 4.69) is 13.0 Å². The first-order chi connectivity index (χ1) is 17.4. The molecule has 0 saturated carbocycles. The molecule has 37 heavy (non-hydrogen) atoms. The Kier molecular flexibility index (Phi) is 11.8. The molecule has 9 unspecified atom stereocenters. The summed E-state index contributed by atoms with van der Waals surface area (Å²) < 4.78 is 17.0. The molecule has 2 rings (SSSR count). The van der Waals surface area contributed by atoms with E-state index < -0.39 is 29.7 Å². The Labute approximate surface area is 222 Å². The molecule has 7 heteroatoms. The Hall–Kier alpha value is -2.22. The van der Waals surface area contributed by atoms with Gasteiger partial charge < -0.3 is 24.4 Å². The van der Waals surface area contributed by atoms with E-state index in [0.29, 0.717) is 12.8 Å². The van der Waals surface area contributed by atoms with E-state index in [-0.39, 0.29) is 36.1 Å². The SMILES string of the molecule is CCC(O)C(C)C1OC1CC(C)/C=C/C=C(\C)C1OC(=O)/C=C\CCC(C)(O)C(OC(C)=O)/C=C\C1C. The molecule has 2 N–H and O–H groups in total. The van der Waals surface area contributed by atoms with Crippen molar-refractivity contribution in [1.82, 2.24) is 0 Å². The number of carbonyl (C=O) groups excluding carboxylic acids is 2. The standard InChI is InChI=1S/C30H46O7/c1-8-24(32)22(5)29-25(36-29)18-19(2)12-11-13-20(3)28-21(4)15-16-26(35-23(6)31)30(7,34)17-10-9-14-27(33)37-28/h9,11-16,19,21-22,24-26,28-29,32,34H,8,10,17-18H2,1-7H3/b12-11+,14-9-,16-15-,20-13+. The van der Waals surface area contributed by atoms with E-state index in [9.17, 15) is 19.8 Å². The van der Waals surface area contributed by atoms with E-state index in [1.807, 2.05) is 45.9 Å². The van der Waals surface area contributed by atoms with Crippen LogP contribution in [0.15, 0.2) is 48.1 Å². The van der Waals surface area contributed by atoms with E-state index >= 15 is 0 Å². The van der Waals surface area contributed by atoms with Gasteiger partial charge in [0, 0.05) is 24.8 Å². The molecule has 0 aliphatic carbocycles. The first-order valence-corrected chi connectivity index (χ1v) is 13.5. The van der Waals surface area contributed by atoms with Crippen LogP contribution >= 0.6 is 0 Å². The number of hydrogen-bond acceptors (Lipinski definition) is 7. The molecule has 9 atom stereocenters. The zero-order valence-corrected chi connectivity index (χ0v) is 23.4. The quantitative estimate of drug-likeness (QED) is 0.195. The molecule has 2 aliphatic heterocycles. The van der Waals surface area contributed by atoms with Crippen LogP contribution in [0.2, 0.25) is 0 Å². The largest absolute Gasteiger partial charge is 0.455 e. The zero-order valence-electron chi connectivity index (χ0n) is 23.4. The number of cyclic esters (lactones) is 1. The molecule has 0 bridgehead atoms. The van der Waals surface area contributed by atoms with Crippen molar-refractivity contribution >= 4 is 11.9 Å². The summed E-state index contributed by atoms with van der Waals surface area (Å²) in [6.45, 7) is 12.9. The number of aliphatic hydroxyl groups is 2. The van der Waals surface area contributed by atoms with Gasteiger partial charge in [0.1, 0.15) is 17.8 Å². The van der Waals surface area contributed by atoms with Crippen LogP contribution < -0.4 is 0 Å². The lowest BCUT2D eigenvalue weighted by Crippen LogP contribution is -2.41. The van der Waals surface area contributed by atoms with Crippen LogP contribution in [0.3, 0.4) is 0 Å². The third-order valence-electron chi connectivity index (χ3n) is 7.30. The summed E-state index contributed by atoms with van der Waals surface area (Å²) in [7, 11) is 0. The van der Waals surface area contributed by atoms with Crippen LogP contribution in [0.1, 0.15) is 74.1 Å². The predicted molar refractivity (Wildman–Crippen MR) is 144 cm³/mol. The van der Waals surface area contributed by atoms with Gasteiger partial charge in [-0.25, -0.2) is 4.79 Å². The third kappa shape index (κ3) is 9.87. The van der Waals surface area contributed by atoms with Crippen LogP contribution in [0.5, 0.6) is 0 Å². The number of esters is 2. The lowest BCUT2D eigenvalue weighted by atomic mass is 9.90. The highest BCUT2D eigenvalue weighted by Crippen LogP contribution is 2.36. The predicted octanol–water partition coefficient (Wildman–Crippen LogP) is 4.83. The molecule has 208 valence electrons. The van der Waals surface area contributed by atoms with Crippen molar-refractivity contribution in [1.29, 1.82) is 0 Å². The van der Waals surface area contributed by atoms with Crippen LogP contribution in [-0.2, 0) is 23.8 Å². The highest BCUT2D eigenvalue weighted by molar-refractivity contribution is 5.82. The van der Waals surface area contributed by atoms with Gasteiger partial charge in [-0.1, -0.05) is 58.1 Å². The summed E-state index contributed by atoms with van der Waals surface area (Å²) in [4.78, 5) is 24.1. The Morgan fingerprint density at radius 1 is 1.30 bits per heavy atom. The van der Waals surface area contributed by atoms with E-state index in [4.69, 9.17) is 14.2 Å². The number of epoxide rings is 1. The minimum absolute atomic E-state index is 0.121. The summed E-state index contributed by atoms with van der Waals surface area (Å²) in [5.74, 6) is -0.706. The molecule has 0 aromatic heterocycles. The van der Waals surface area contributed by atoms with E-state index in [0.717, 1.165) is 18.4 Å². The van der Waals surface area contributed by atoms with Crippen LogP contribution in [0, 0.1) is 17.8 Å². The molecular weight excluding hydrogens is 472 g/mol. The topological polar surface area (TPSA) is 106 Å². The molecule has 0 amide bonds. The molecule has 7 nitrogen and oxygen atoms in total. The molecule has 0 aromatic carbocycles. The van der Waals surface area contributed by atoms with Gasteiger partial charge in [0.15, 0.2) is 0 Å². The lowest BCUT2D eigenvalue weighted by Gasteiger charge is -2.31. The first kappa shape index (κ1) is 31.0. The Morgan fingerprint density at radius 3 is 2.65 bits per heavy atom. The number of hydrogen-bond donors (Lipinski definition) is 2. The Morgan fingerprint density at radius 2 is 2.00 bits per heavy atom. The fourth-order valence-electron chi connectivity index (χ4n) is 4.74. The fraction of sp³-hybridized carbons (Fsp3) is 0.667. The second-order valence-electron chi connectivity index (χ2n) is 10.9. The van der Waals surface area contributed by atoms with Gasteiger partial charge >= 0.3 is 11.9 Å². The average Bonchev–Trinajstić information content (AvgIpc) is 3.59. The van der Waals surface area contributed by atoms with Gasteiger partial charge in [-0.3, -0.25) is 4.79 Å². The summed E-state index contributed by atoms with van der Waals surface area (Å²) in [6.07, 6.45) is 13.6. The van der Waals surface area contributed by atoms with Crippen molar-refractivity contribution in [2.24, 2.45) is 17.8 Å². The van der Waals surface area contributed by atoms with Crippen LogP contribution in [0.4, 0.5) is 0 Å². The van der Waals surface area contributed by atoms with Crippen molar-refractivity contribution in [3.05, 3.63) is 48.1 Å². The Balaban J connectivity index is 2.10. The molecule has 0 radical (unpaired) electrons. The van der Waals surface area contributed by atoms with Crippen molar-refractivity contribution < 1.29 is 34.0 Å². The normalized spacial score (nSPS) is 35.4. The van der Waals surface area contributed by atoms with Crippen molar-refractivity contribution in [3.63, 3.8) is 0 Å². The Bertz CT molecular complexity index is 884. The van der Waals surface area contributed by atoms with Gasteiger partial charge in [-0.15, -0.1) is 0 Å². The van der Waals surface area contributed by atoms with Gasteiger partial charge in [0.05, 0.1) is 18.3 Å². The number of ether oxygens (including phenoxy) is 3. The van der Waals surface area contributed by atoms with Crippen molar-refractivity contribution in [2.75, 3.05) is 0 Å². The highest BCUT2D eigenvalue weighted by atomic mass is 16.6. The third-order valence-corrected chi connectivity index (χ3v) is 7.30. The first-order valence-electron chi connectivity index (χ1n) is 13.5. The molecule has 1 saturated heterocycles.